The number of hydrogen-bond donors (Lipinski definition) is 1. The number of unbranched alkanes of at least 4 members (excludes halogenated alkanes) is 1. The molecule has 0 radical (unpaired) electrons. The fourth-order valence-electron chi connectivity index (χ4n) is 4.25. The number of anilines is 2. The number of nitrogens with one attached hydrogen (secondary N) is 1. The summed E-state index contributed by atoms with van der Waals surface area (Å²) in [6.07, 6.45) is 6.60. The zero-order valence-corrected chi connectivity index (χ0v) is 20.1. The van der Waals surface area contributed by atoms with Crippen molar-refractivity contribution in [1.82, 2.24) is 14.9 Å². The first kappa shape index (κ1) is 23.7. The molecule has 7 nitrogen and oxygen atoms in total. The van der Waals surface area contributed by atoms with Gasteiger partial charge in [-0.1, -0.05) is 13.3 Å². The molecule has 1 aliphatic rings. The smallest absolute Gasteiger partial charge is 0.338 e. The maximum absolute atomic E-state index is 13.6. The van der Waals surface area contributed by atoms with Crippen LogP contribution in [0.3, 0.4) is 0 Å². The lowest BCUT2D eigenvalue weighted by Crippen LogP contribution is -2.42. The SMILES string of the molecule is CCCCOC(=O)c1ccc(Nc2c(C(=O)N3CCCCC3C)cnc3nc(C)ccc23)cc1. The van der Waals surface area contributed by atoms with Crippen LogP contribution in [-0.2, 0) is 4.74 Å². The van der Waals surface area contributed by atoms with Crippen LogP contribution in [0.2, 0.25) is 0 Å². The summed E-state index contributed by atoms with van der Waals surface area (Å²) < 4.78 is 5.30. The van der Waals surface area contributed by atoms with Gasteiger partial charge >= 0.3 is 5.97 Å². The number of benzene rings is 1. The van der Waals surface area contributed by atoms with Gasteiger partial charge < -0.3 is 15.0 Å². The van der Waals surface area contributed by atoms with Gasteiger partial charge in [0.25, 0.3) is 5.91 Å². The van der Waals surface area contributed by atoms with E-state index in [1.54, 1.807) is 18.3 Å². The van der Waals surface area contributed by atoms with Crippen molar-refractivity contribution >= 4 is 34.3 Å². The first-order valence-corrected chi connectivity index (χ1v) is 12.1. The number of amides is 1. The molecule has 1 N–H and O–H groups in total. The van der Waals surface area contributed by atoms with E-state index in [4.69, 9.17) is 4.74 Å². The molecule has 4 rings (SSSR count). The molecular formula is C27H32N4O3. The fraction of sp³-hybridized carbons (Fsp3) is 0.407. The van der Waals surface area contributed by atoms with Crippen LogP contribution >= 0.6 is 0 Å². The Morgan fingerprint density at radius 2 is 1.94 bits per heavy atom. The lowest BCUT2D eigenvalue weighted by atomic mass is 10.0. The summed E-state index contributed by atoms with van der Waals surface area (Å²) >= 11 is 0. The van der Waals surface area contributed by atoms with Gasteiger partial charge in [0.05, 0.1) is 23.4 Å². The Balaban J connectivity index is 1.65. The standard InChI is InChI=1S/C27H32N4O3/c1-4-5-16-34-27(33)20-10-12-21(13-11-20)30-24-22-14-9-18(2)29-25(22)28-17-23(24)26(32)31-15-7-6-8-19(31)3/h9-14,17,19H,4-8,15-16H2,1-3H3,(H,28,29,30). The van der Waals surface area contributed by atoms with Crippen LogP contribution in [0.1, 0.15) is 72.4 Å². The fourth-order valence-corrected chi connectivity index (χ4v) is 4.25. The summed E-state index contributed by atoms with van der Waals surface area (Å²) in [5.41, 5.74) is 3.91. The average Bonchev–Trinajstić information content (AvgIpc) is 2.84. The Bertz CT molecular complexity index is 1180. The molecule has 3 aromatic rings. The molecule has 1 unspecified atom stereocenters. The molecule has 7 heteroatoms. The van der Waals surface area contributed by atoms with Crippen LogP contribution in [0.4, 0.5) is 11.4 Å². The molecule has 2 aromatic heterocycles. The van der Waals surface area contributed by atoms with Gasteiger partial charge in [-0.25, -0.2) is 14.8 Å². The van der Waals surface area contributed by atoms with E-state index in [2.05, 4.69) is 29.1 Å². The van der Waals surface area contributed by atoms with Crippen LogP contribution < -0.4 is 5.32 Å². The first-order valence-electron chi connectivity index (χ1n) is 12.1. The van der Waals surface area contributed by atoms with Gasteiger partial charge in [0.2, 0.25) is 0 Å². The van der Waals surface area contributed by atoms with Gasteiger partial charge in [0.1, 0.15) is 0 Å². The van der Waals surface area contributed by atoms with Crippen molar-refractivity contribution < 1.29 is 14.3 Å². The second-order valence-electron chi connectivity index (χ2n) is 8.91. The number of piperidine rings is 1. The molecule has 0 bridgehead atoms. The molecule has 0 aliphatic carbocycles. The number of likely N-dealkylation sites (tertiary alicyclic amines) is 1. The lowest BCUT2D eigenvalue weighted by molar-refractivity contribution is 0.0499. The van der Waals surface area contributed by atoms with Crippen LogP contribution in [0, 0.1) is 6.92 Å². The molecule has 1 aromatic carbocycles. The molecule has 0 saturated carbocycles. The molecule has 1 fully saturated rings. The van der Waals surface area contributed by atoms with Crippen molar-refractivity contribution in [2.75, 3.05) is 18.5 Å². The lowest BCUT2D eigenvalue weighted by Gasteiger charge is -2.34. The van der Waals surface area contributed by atoms with E-state index in [-0.39, 0.29) is 17.9 Å². The molecule has 34 heavy (non-hydrogen) atoms. The van der Waals surface area contributed by atoms with Gasteiger partial charge in [-0.15, -0.1) is 0 Å². The summed E-state index contributed by atoms with van der Waals surface area (Å²) in [5, 5.41) is 4.19. The number of fused-ring (bicyclic) bond motifs is 1. The Labute approximate surface area is 200 Å². The maximum Gasteiger partial charge on any atom is 0.338 e. The van der Waals surface area contributed by atoms with Crippen LogP contribution in [0.15, 0.2) is 42.6 Å². The highest BCUT2D eigenvalue weighted by Gasteiger charge is 2.27. The third kappa shape index (κ3) is 5.19. The predicted octanol–water partition coefficient (Wildman–Crippen LogP) is 5.65. The summed E-state index contributed by atoms with van der Waals surface area (Å²) in [7, 11) is 0. The molecule has 0 spiro atoms. The van der Waals surface area contributed by atoms with E-state index < -0.39 is 0 Å². The van der Waals surface area contributed by atoms with E-state index in [0.29, 0.717) is 29.1 Å². The normalized spacial score (nSPS) is 15.9. The highest BCUT2D eigenvalue weighted by Crippen LogP contribution is 2.31. The van der Waals surface area contributed by atoms with Crippen LogP contribution in [0.25, 0.3) is 11.0 Å². The zero-order chi connectivity index (χ0) is 24.1. The minimum atomic E-state index is -0.330. The number of aryl methyl sites for hydroxylation is 1. The van der Waals surface area contributed by atoms with Gasteiger partial charge in [0, 0.05) is 35.6 Å². The Morgan fingerprint density at radius 1 is 1.15 bits per heavy atom. The van der Waals surface area contributed by atoms with E-state index >= 15 is 0 Å². The summed E-state index contributed by atoms with van der Waals surface area (Å²) in [4.78, 5) is 36.8. The van der Waals surface area contributed by atoms with Gasteiger partial charge in [0.15, 0.2) is 5.65 Å². The topological polar surface area (TPSA) is 84.4 Å². The third-order valence-electron chi connectivity index (χ3n) is 6.28. The van der Waals surface area contributed by atoms with E-state index in [0.717, 1.165) is 55.4 Å². The van der Waals surface area contributed by atoms with Crippen LogP contribution in [0.5, 0.6) is 0 Å². The first-order chi connectivity index (χ1) is 16.5. The quantitative estimate of drug-likeness (QED) is 0.362. The molecule has 1 amide bonds. The second kappa shape index (κ2) is 10.6. The van der Waals surface area contributed by atoms with Crippen LogP contribution in [-0.4, -0.2) is 45.9 Å². The average molecular weight is 461 g/mol. The van der Waals surface area contributed by atoms with Crippen molar-refractivity contribution in [3.8, 4) is 0 Å². The largest absolute Gasteiger partial charge is 0.462 e. The van der Waals surface area contributed by atoms with Crippen molar-refractivity contribution in [1.29, 1.82) is 0 Å². The minimum Gasteiger partial charge on any atom is -0.462 e. The van der Waals surface area contributed by atoms with Crippen molar-refractivity contribution in [3.05, 3.63) is 59.4 Å². The molecule has 1 saturated heterocycles. The number of aromatic nitrogens is 2. The predicted molar refractivity (Wildman–Crippen MR) is 134 cm³/mol. The molecular weight excluding hydrogens is 428 g/mol. The monoisotopic (exact) mass is 460 g/mol. The second-order valence-corrected chi connectivity index (χ2v) is 8.91. The minimum absolute atomic E-state index is 0.0270. The van der Waals surface area contributed by atoms with E-state index in [1.807, 2.05) is 36.1 Å². The number of rotatable bonds is 7. The number of esters is 1. The van der Waals surface area contributed by atoms with Gasteiger partial charge in [-0.3, -0.25) is 4.79 Å². The summed E-state index contributed by atoms with van der Waals surface area (Å²) in [6.45, 7) is 7.24. The zero-order valence-electron chi connectivity index (χ0n) is 20.1. The van der Waals surface area contributed by atoms with E-state index in [1.165, 1.54) is 0 Å². The molecule has 3 heterocycles. The van der Waals surface area contributed by atoms with E-state index in [9.17, 15) is 9.59 Å². The van der Waals surface area contributed by atoms with Gasteiger partial charge in [-0.05, 0) is 75.9 Å². The number of carbonyl (C=O) groups is 2. The number of ether oxygens (including phenoxy) is 1. The number of pyridine rings is 2. The van der Waals surface area contributed by atoms with Crippen molar-refractivity contribution in [2.24, 2.45) is 0 Å². The number of carbonyl (C=O) groups excluding carboxylic acids is 2. The summed E-state index contributed by atoms with van der Waals surface area (Å²) in [6, 6.07) is 11.2. The molecule has 178 valence electrons. The Morgan fingerprint density at radius 3 is 2.68 bits per heavy atom. The maximum atomic E-state index is 13.6. The number of nitrogens with zero attached hydrogens (tertiary/aromatic N) is 3. The highest BCUT2D eigenvalue weighted by molar-refractivity contribution is 6.07. The Hall–Kier alpha value is -3.48. The molecule has 1 aliphatic heterocycles. The highest BCUT2D eigenvalue weighted by atomic mass is 16.5. The summed E-state index contributed by atoms with van der Waals surface area (Å²) in [5.74, 6) is -0.357. The van der Waals surface area contributed by atoms with Crippen molar-refractivity contribution in [2.45, 2.75) is 58.9 Å². The Kier molecular flexibility index (Phi) is 7.40. The molecule has 1 atom stereocenters. The number of hydrogen-bond acceptors (Lipinski definition) is 6. The van der Waals surface area contributed by atoms with Crippen molar-refractivity contribution in [3.63, 3.8) is 0 Å². The third-order valence-corrected chi connectivity index (χ3v) is 6.28. The van der Waals surface area contributed by atoms with Gasteiger partial charge in [-0.2, -0.15) is 0 Å².